The van der Waals surface area contributed by atoms with E-state index in [0.717, 1.165) is 0 Å². The molecule has 0 amide bonds. The number of hydrogen-bond donors (Lipinski definition) is 4. The Bertz CT molecular complexity index is 134. The van der Waals surface area contributed by atoms with Gasteiger partial charge in [0.2, 0.25) is 0 Å². The van der Waals surface area contributed by atoms with Crippen molar-refractivity contribution in [3.8, 4) is 0 Å². The second-order valence-electron chi connectivity index (χ2n) is 1.38. The number of carboxylic acid groups (broad SMARTS) is 2. The quantitative estimate of drug-likeness (QED) is 0.252. The lowest BCUT2D eigenvalue weighted by Crippen LogP contribution is -2.54. The summed E-state index contributed by atoms with van der Waals surface area (Å²) in [7, 11) is 0. The molecule has 0 saturated heterocycles. The van der Waals surface area contributed by atoms with Gasteiger partial charge in [-0.3, -0.25) is 5.73 Å². The zero-order chi connectivity index (χ0) is 7.65. The molecule has 0 unspecified atom stereocenters. The van der Waals surface area contributed by atoms with Gasteiger partial charge in [0.25, 0.3) is 0 Å². The Morgan fingerprint density at radius 2 is 1.44 bits per heavy atom. The number of aliphatic carboxylic acids is 2. The van der Waals surface area contributed by atoms with Crippen LogP contribution in [0.25, 0.3) is 0 Å². The summed E-state index contributed by atoms with van der Waals surface area (Å²) in [5.74, 6) is -3.98. The van der Waals surface area contributed by atoms with E-state index in [2.05, 4.69) is 5.73 Å². The van der Waals surface area contributed by atoms with Gasteiger partial charge in [-0.15, -0.1) is 0 Å². The largest absolute Gasteiger partial charge is 0.478 e. The number of carbonyl (C=O) groups is 2. The van der Waals surface area contributed by atoms with Gasteiger partial charge in [-0.05, 0) is 0 Å². The fraction of sp³-hybridized carbons (Fsp3) is 0.333. The molecule has 0 heterocycles. The first kappa shape index (κ1) is 7.86. The Balaban J connectivity index is 4.38. The maximum atomic E-state index is 9.71. The highest BCUT2D eigenvalue weighted by molar-refractivity contribution is 6.00. The minimum absolute atomic E-state index is 1.99. The maximum absolute atomic E-state index is 9.71. The molecule has 9 heavy (non-hydrogen) atoms. The van der Waals surface area contributed by atoms with Crippen LogP contribution in [0, 0.1) is 0 Å². The summed E-state index contributed by atoms with van der Waals surface area (Å²) >= 11 is 0. The lowest BCUT2D eigenvalue weighted by atomic mass is 10.2. The second kappa shape index (κ2) is 2.00. The van der Waals surface area contributed by atoms with Crippen molar-refractivity contribution in [1.82, 2.24) is 0 Å². The van der Waals surface area contributed by atoms with Crippen molar-refractivity contribution < 1.29 is 24.9 Å². The summed E-state index contributed by atoms with van der Waals surface area (Å²) in [6.07, 6.45) is 0. The zero-order valence-electron chi connectivity index (χ0n) is 4.24. The molecule has 0 aliphatic rings. The summed E-state index contributed by atoms with van der Waals surface area (Å²) in [5.41, 5.74) is 1.19. The third-order valence-corrected chi connectivity index (χ3v) is 0.652. The highest BCUT2D eigenvalue weighted by Gasteiger charge is 2.40. The Hall–Kier alpha value is -1.14. The summed E-state index contributed by atoms with van der Waals surface area (Å²) in [6, 6.07) is 0. The highest BCUT2D eigenvalue weighted by atomic mass is 16.5. The Morgan fingerprint density at radius 1 is 1.22 bits per heavy atom. The summed E-state index contributed by atoms with van der Waals surface area (Å²) < 4.78 is 0. The van der Waals surface area contributed by atoms with Crippen LogP contribution in [0.4, 0.5) is 0 Å². The molecule has 0 rings (SSSR count). The molecular weight excluding hydrogens is 130 g/mol. The van der Waals surface area contributed by atoms with E-state index in [1.807, 2.05) is 0 Å². The Morgan fingerprint density at radius 3 is 1.44 bits per heavy atom. The van der Waals surface area contributed by atoms with Crippen molar-refractivity contribution >= 4 is 11.9 Å². The average Bonchev–Trinajstić information content (AvgIpc) is 1.65. The Labute approximate surface area is 49.5 Å². The standard InChI is InChI=1S/C3H5NO5/c4-3(9,1(5)6)2(7)8/h9H,4H2,(H,5,6)(H,7,8). The van der Waals surface area contributed by atoms with E-state index < -0.39 is 17.7 Å². The Kier molecular flexibility index (Phi) is 1.74. The van der Waals surface area contributed by atoms with Crippen molar-refractivity contribution in [2.75, 3.05) is 0 Å². The predicted molar refractivity (Wildman–Crippen MR) is 24.4 cm³/mol. The minimum atomic E-state index is -3.17. The molecule has 6 nitrogen and oxygen atoms in total. The number of nitrogens with two attached hydrogens (primary N) is 1. The van der Waals surface area contributed by atoms with Crippen molar-refractivity contribution in [3.05, 3.63) is 0 Å². The SMILES string of the molecule is NC(O)(C(=O)O)C(=O)O. The molecule has 0 aromatic heterocycles. The van der Waals surface area contributed by atoms with Gasteiger partial charge in [-0.2, -0.15) is 0 Å². The van der Waals surface area contributed by atoms with Gasteiger partial charge in [-0.1, -0.05) is 0 Å². The molecule has 0 aliphatic carbocycles. The van der Waals surface area contributed by atoms with Crippen LogP contribution >= 0.6 is 0 Å². The van der Waals surface area contributed by atoms with Crippen molar-refractivity contribution in [2.45, 2.75) is 5.72 Å². The summed E-state index contributed by atoms with van der Waals surface area (Å²) in [6.45, 7) is 0. The molecule has 52 valence electrons. The van der Waals surface area contributed by atoms with Gasteiger partial charge in [-0.25, -0.2) is 9.59 Å². The first-order chi connectivity index (χ1) is 3.89. The van der Waals surface area contributed by atoms with Crippen molar-refractivity contribution in [3.63, 3.8) is 0 Å². The lowest BCUT2D eigenvalue weighted by Gasteiger charge is -2.09. The summed E-state index contributed by atoms with van der Waals surface area (Å²) in [4.78, 5) is 19.4. The van der Waals surface area contributed by atoms with E-state index in [1.165, 1.54) is 0 Å². The molecule has 0 bridgehead atoms. The van der Waals surface area contributed by atoms with E-state index in [9.17, 15) is 9.59 Å². The second-order valence-corrected chi connectivity index (χ2v) is 1.38. The van der Waals surface area contributed by atoms with Crippen LogP contribution in [0.15, 0.2) is 0 Å². The first-order valence-electron chi connectivity index (χ1n) is 1.87. The zero-order valence-corrected chi connectivity index (χ0v) is 4.24. The molecule has 0 spiro atoms. The molecule has 6 heteroatoms. The molecule has 0 aromatic carbocycles. The number of aliphatic hydroxyl groups is 1. The molecule has 5 N–H and O–H groups in total. The van der Waals surface area contributed by atoms with Crippen LogP contribution in [0.2, 0.25) is 0 Å². The molecule has 0 aliphatic heterocycles. The van der Waals surface area contributed by atoms with E-state index in [1.54, 1.807) is 0 Å². The van der Waals surface area contributed by atoms with Crippen LogP contribution in [0.5, 0.6) is 0 Å². The van der Waals surface area contributed by atoms with Crippen LogP contribution < -0.4 is 5.73 Å². The fourth-order valence-electron chi connectivity index (χ4n) is 0.0915. The highest BCUT2D eigenvalue weighted by Crippen LogP contribution is 1.92. The van der Waals surface area contributed by atoms with E-state index in [0.29, 0.717) is 0 Å². The van der Waals surface area contributed by atoms with Gasteiger partial charge < -0.3 is 15.3 Å². The van der Waals surface area contributed by atoms with Gasteiger partial charge in [0.15, 0.2) is 0 Å². The number of carboxylic acids is 2. The normalized spacial score (nSPS) is 10.9. The van der Waals surface area contributed by atoms with Gasteiger partial charge in [0, 0.05) is 0 Å². The third kappa shape index (κ3) is 1.37. The lowest BCUT2D eigenvalue weighted by molar-refractivity contribution is -0.175. The first-order valence-corrected chi connectivity index (χ1v) is 1.87. The van der Waals surface area contributed by atoms with Gasteiger partial charge in [0.1, 0.15) is 0 Å². The van der Waals surface area contributed by atoms with Gasteiger partial charge >= 0.3 is 17.7 Å². The van der Waals surface area contributed by atoms with Crippen molar-refractivity contribution in [2.24, 2.45) is 5.73 Å². The fourth-order valence-corrected chi connectivity index (χ4v) is 0.0915. The van der Waals surface area contributed by atoms with E-state index in [4.69, 9.17) is 15.3 Å². The molecule has 0 radical (unpaired) electrons. The smallest absolute Gasteiger partial charge is 0.363 e. The number of rotatable bonds is 2. The maximum Gasteiger partial charge on any atom is 0.363 e. The van der Waals surface area contributed by atoms with Crippen molar-refractivity contribution in [1.29, 1.82) is 0 Å². The minimum Gasteiger partial charge on any atom is -0.478 e. The molecule has 0 fully saturated rings. The predicted octanol–water partition coefficient (Wildman–Crippen LogP) is -2.20. The summed E-state index contributed by atoms with van der Waals surface area (Å²) in [5, 5.41) is 24.0. The third-order valence-electron chi connectivity index (χ3n) is 0.652. The molecule has 0 saturated carbocycles. The average molecular weight is 135 g/mol. The van der Waals surface area contributed by atoms with Crippen LogP contribution in [-0.2, 0) is 9.59 Å². The number of hydrogen-bond acceptors (Lipinski definition) is 4. The van der Waals surface area contributed by atoms with Crippen LogP contribution in [-0.4, -0.2) is 33.0 Å². The van der Waals surface area contributed by atoms with Crippen LogP contribution in [0.1, 0.15) is 0 Å². The monoisotopic (exact) mass is 135 g/mol. The molecule has 0 atom stereocenters. The van der Waals surface area contributed by atoms with E-state index in [-0.39, 0.29) is 0 Å². The molecule has 0 aromatic rings. The van der Waals surface area contributed by atoms with E-state index >= 15 is 0 Å². The topological polar surface area (TPSA) is 121 Å². The van der Waals surface area contributed by atoms with Crippen LogP contribution in [0.3, 0.4) is 0 Å². The van der Waals surface area contributed by atoms with Gasteiger partial charge in [0.05, 0.1) is 0 Å². The molecular formula is C3H5NO5.